The standard InChI is InChI=1S/C16H25N3O/c1-4-5-6-7-9-12(2)19-13-10-8-11-14(20-3)15(13)18-16(19)17/h8,10-12H,4-7,9H2,1-3H3,(H2,17,18). The number of hydrogen-bond acceptors (Lipinski definition) is 3. The molecule has 0 saturated carbocycles. The molecule has 2 rings (SSSR count). The Kier molecular flexibility index (Phi) is 4.88. The molecule has 0 spiro atoms. The molecule has 20 heavy (non-hydrogen) atoms. The number of unbranched alkanes of at least 4 members (excludes halogenated alkanes) is 3. The van der Waals surface area contributed by atoms with E-state index >= 15 is 0 Å². The molecule has 1 aromatic carbocycles. The van der Waals surface area contributed by atoms with Gasteiger partial charge in [-0.3, -0.25) is 0 Å². The minimum atomic E-state index is 0.365. The third-order valence-electron chi connectivity index (χ3n) is 3.85. The monoisotopic (exact) mass is 275 g/mol. The number of anilines is 1. The fraction of sp³-hybridized carbons (Fsp3) is 0.562. The number of imidazole rings is 1. The van der Waals surface area contributed by atoms with E-state index in [9.17, 15) is 0 Å². The van der Waals surface area contributed by atoms with Crippen LogP contribution in [-0.2, 0) is 0 Å². The number of hydrogen-bond donors (Lipinski definition) is 1. The summed E-state index contributed by atoms with van der Waals surface area (Å²) in [7, 11) is 1.66. The summed E-state index contributed by atoms with van der Waals surface area (Å²) in [5.41, 5.74) is 8.02. The van der Waals surface area contributed by atoms with Gasteiger partial charge in [0.15, 0.2) is 0 Å². The Morgan fingerprint density at radius 2 is 2.10 bits per heavy atom. The van der Waals surface area contributed by atoms with E-state index in [0.717, 1.165) is 23.2 Å². The zero-order valence-electron chi connectivity index (χ0n) is 12.7. The average Bonchev–Trinajstić information content (AvgIpc) is 2.79. The number of methoxy groups -OCH3 is 1. The Morgan fingerprint density at radius 3 is 2.80 bits per heavy atom. The van der Waals surface area contributed by atoms with Gasteiger partial charge >= 0.3 is 0 Å². The summed E-state index contributed by atoms with van der Waals surface area (Å²) in [6.45, 7) is 4.44. The maximum atomic E-state index is 6.10. The second kappa shape index (κ2) is 6.64. The fourth-order valence-electron chi connectivity index (χ4n) is 2.73. The lowest BCUT2D eigenvalue weighted by Gasteiger charge is -2.16. The second-order valence-corrected chi connectivity index (χ2v) is 5.37. The number of aromatic nitrogens is 2. The van der Waals surface area contributed by atoms with Crippen LogP contribution in [0.5, 0.6) is 5.75 Å². The number of benzene rings is 1. The van der Waals surface area contributed by atoms with Crippen molar-refractivity contribution in [3.05, 3.63) is 18.2 Å². The molecule has 1 heterocycles. The first-order chi connectivity index (χ1) is 9.69. The Bertz CT molecular complexity index is 562. The summed E-state index contributed by atoms with van der Waals surface area (Å²) in [6.07, 6.45) is 6.23. The molecule has 2 N–H and O–H groups in total. The number of ether oxygens (including phenoxy) is 1. The van der Waals surface area contributed by atoms with E-state index in [0.29, 0.717) is 12.0 Å². The lowest BCUT2D eigenvalue weighted by atomic mass is 10.1. The van der Waals surface area contributed by atoms with Crippen molar-refractivity contribution in [3.63, 3.8) is 0 Å². The van der Waals surface area contributed by atoms with Crippen LogP contribution in [0.2, 0.25) is 0 Å². The summed E-state index contributed by atoms with van der Waals surface area (Å²) in [5, 5.41) is 0. The highest BCUT2D eigenvalue weighted by Gasteiger charge is 2.16. The third-order valence-corrected chi connectivity index (χ3v) is 3.85. The molecule has 4 heteroatoms. The van der Waals surface area contributed by atoms with Crippen molar-refractivity contribution in [2.45, 2.75) is 52.0 Å². The predicted octanol–water partition coefficient (Wildman–Crippen LogP) is 4.16. The minimum absolute atomic E-state index is 0.365. The molecule has 1 aromatic heterocycles. The van der Waals surface area contributed by atoms with Crippen LogP contribution in [0.1, 0.15) is 52.0 Å². The van der Waals surface area contributed by atoms with Gasteiger partial charge in [-0.25, -0.2) is 4.98 Å². The molecular formula is C16H25N3O. The molecule has 0 amide bonds. The number of nitrogen functional groups attached to an aromatic ring is 1. The molecule has 0 saturated heterocycles. The van der Waals surface area contributed by atoms with Gasteiger partial charge in [0.2, 0.25) is 5.95 Å². The van der Waals surface area contributed by atoms with Crippen molar-refractivity contribution in [1.82, 2.24) is 9.55 Å². The topological polar surface area (TPSA) is 53.1 Å². The number of para-hydroxylation sites is 1. The zero-order valence-corrected chi connectivity index (χ0v) is 12.7. The van der Waals surface area contributed by atoms with Gasteiger partial charge in [-0.15, -0.1) is 0 Å². The van der Waals surface area contributed by atoms with Crippen molar-refractivity contribution in [1.29, 1.82) is 0 Å². The highest BCUT2D eigenvalue weighted by Crippen LogP contribution is 2.30. The van der Waals surface area contributed by atoms with Gasteiger partial charge < -0.3 is 15.0 Å². The number of nitrogens with two attached hydrogens (primary N) is 1. The quantitative estimate of drug-likeness (QED) is 0.772. The molecule has 0 aliphatic rings. The van der Waals surface area contributed by atoms with Crippen LogP contribution < -0.4 is 10.5 Å². The molecule has 0 aliphatic heterocycles. The largest absolute Gasteiger partial charge is 0.494 e. The number of nitrogens with zero attached hydrogens (tertiary/aromatic N) is 2. The van der Waals surface area contributed by atoms with Gasteiger partial charge in [0.05, 0.1) is 12.6 Å². The van der Waals surface area contributed by atoms with Gasteiger partial charge in [-0.2, -0.15) is 0 Å². The molecule has 110 valence electrons. The molecular weight excluding hydrogens is 250 g/mol. The minimum Gasteiger partial charge on any atom is -0.494 e. The van der Waals surface area contributed by atoms with Crippen LogP contribution in [0, 0.1) is 0 Å². The summed E-state index contributed by atoms with van der Waals surface area (Å²) in [5.74, 6) is 1.36. The lowest BCUT2D eigenvalue weighted by Crippen LogP contribution is -2.08. The zero-order chi connectivity index (χ0) is 14.5. The van der Waals surface area contributed by atoms with Crippen LogP contribution in [0.25, 0.3) is 11.0 Å². The maximum absolute atomic E-state index is 6.10. The first-order valence-corrected chi connectivity index (χ1v) is 7.49. The average molecular weight is 275 g/mol. The van der Waals surface area contributed by atoms with E-state index in [-0.39, 0.29) is 0 Å². The Labute approximate surface area is 120 Å². The van der Waals surface area contributed by atoms with E-state index in [1.807, 2.05) is 12.1 Å². The van der Waals surface area contributed by atoms with Crippen LogP contribution in [0.4, 0.5) is 5.95 Å². The van der Waals surface area contributed by atoms with Crippen LogP contribution in [0.15, 0.2) is 18.2 Å². The van der Waals surface area contributed by atoms with E-state index in [1.54, 1.807) is 7.11 Å². The summed E-state index contributed by atoms with van der Waals surface area (Å²) >= 11 is 0. The van der Waals surface area contributed by atoms with Gasteiger partial charge in [-0.05, 0) is 25.5 Å². The van der Waals surface area contributed by atoms with E-state index in [2.05, 4.69) is 29.5 Å². The van der Waals surface area contributed by atoms with Crippen LogP contribution in [-0.4, -0.2) is 16.7 Å². The van der Waals surface area contributed by atoms with Crippen molar-refractivity contribution < 1.29 is 4.74 Å². The molecule has 1 atom stereocenters. The number of rotatable bonds is 7. The molecule has 0 aliphatic carbocycles. The van der Waals surface area contributed by atoms with E-state index in [4.69, 9.17) is 10.5 Å². The Balaban J connectivity index is 2.23. The Hall–Kier alpha value is -1.71. The fourth-order valence-corrected chi connectivity index (χ4v) is 2.73. The highest BCUT2D eigenvalue weighted by atomic mass is 16.5. The molecule has 0 bridgehead atoms. The summed E-state index contributed by atoms with van der Waals surface area (Å²) in [6, 6.07) is 6.33. The van der Waals surface area contributed by atoms with Gasteiger partial charge in [0, 0.05) is 6.04 Å². The van der Waals surface area contributed by atoms with Crippen LogP contribution in [0.3, 0.4) is 0 Å². The molecule has 4 nitrogen and oxygen atoms in total. The first kappa shape index (κ1) is 14.7. The number of fused-ring (bicyclic) bond motifs is 1. The normalized spacial score (nSPS) is 12.8. The third kappa shape index (κ3) is 2.89. The predicted molar refractivity (Wildman–Crippen MR) is 84.2 cm³/mol. The lowest BCUT2D eigenvalue weighted by molar-refractivity contribution is 0.419. The van der Waals surface area contributed by atoms with Gasteiger partial charge in [-0.1, -0.05) is 38.7 Å². The second-order valence-electron chi connectivity index (χ2n) is 5.37. The molecule has 1 unspecified atom stereocenters. The smallest absolute Gasteiger partial charge is 0.201 e. The van der Waals surface area contributed by atoms with Crippen molar-refractivity contribution in [2.24, 2.45) is 0 Å². The van der Waals surface area contributed by atoms with E-state index < -0.39 is 0 Å². The summed E-state index contributed by atoms with van der Waals surface area (Å²) < 4.78 is 7.49. The van der Waals surface area contributed by atoms with Crippen molar-refractivity contribution in [2.75, 3.05) is 12.8 Å². The Morgan fingerprint density at radius 1 is 1.30 bits per heavy atom. The van der Waals surface area contributed by atoms with Crippen LogP contribution >= 0.6 is 0 Å². The van der Waals surface area contributed by atoms with Crippen molar-refractivity contribution in [3.8, 4) is 5.75 Å². The maximum Gasteiger partial charge on any atom is 0.201 e. The SMILES string of the molecule is CCCCCCC(C)n1c(N)nc2c(OC)cccc21. The molecule has 0 fully saturated rings. The highest BCUT2D eigenvalue weighted by molar-refractivity contribution is 5.84. The van der Waals surface area contributed by atoms with Crippen molar-refractivity contribution >= 4 is 17.0 Å². The van der Waals surface area contributed by atoms with Gasteiger partial charge in [0.1, 0.15) is 11.3 Å². The molecule has 0 radical (unpaired) electrons. The summed E-state index contributed by atoms with van der Waals surface area (Å²) in [4.78, 5) is 4.47. The molecule has 2 aromatic rings. The van der Waals surface area contributed by atoms with Gasteiger partial charge in [0.25, 0.3) is 0 Å². The first-order valence-electron chi connectivity index (χ1n) is 7.49. The van der Waals surface area contributed by atoms with E-state index in [1.165, 1.54) is 25.7 Å².